The highest BCUT2D eigenvalue weighted by molar-refractivity contribution is 6.02. The van der Waals surface area contributed by atoms with Gasteiger partial charge in [0.25, 0.3) is 0 Å². The van der Waals surface area contributed by atoms with E-state index in [9.17, 15) is 4.79 Å². The van der Waals surface area contributed by atoms with Crippen LogP contribution >= 0.6 is 0 Å². The summed E-state index contributed by atoms with van der Waals surface area (Å²) >= 11 is 0. The Morgan fingerprint density at radius 3 is 2.94 bits per heavy atom. The van der Waals surface area contributed by atoms with Gasteiger partial charge < -0.3 is 11.1 Å². The Kier molecular flexibility index (Phi) is 3.25. The van der Waals surface area contributed by atoms with Crippen molar-refractivity contribution >= 4 is 11.5 Å². The van der Waals surface area contributed by atoms with Gasteiger partial charge in [0, 0.05) is 23.7 Å². The van der Waals surface area contributed by atoms with Gasteiger partial charge in [-0.15, -0.1) is 0 Å². The third-order valence-corrected chi connectivity index (χ3v) is 3.14. The Morgan fingerprint density at radius 2 is 2.31 bits per heavy atom. The number of Topliss-reactive ketones (excluding diaryl/α,β-unsaturated/α-hetero) is 1. The monoisotopic (exact) mass is 218 g/mol. The SMILES string of the molecule is Cc1ccc(C(=O)C2CCCNC2)c(N)c1. The van der Waals surface area contributed by atoms with E-state index in [0.717, 1.165) is 31.5 Å². The molecule has 1 aliphatic rings. The average molecular weight is 218 g/mol. The topological polar surface area (TPSA) is 55.1 Å². The second kappa shape index (κ2) is 4.66. The van der Waals surface area contributed by atoms with Gasteiger partial charge >= 0.3 is 0 Å². The van der Waals surface area contributed by atoms with Crippen molar-refractivity contribution < 1.29 is 4.79 Å². The van der Waals surface area contributed by atoms with Crippen LogP contribution in [0.3, 0.4) is 0 Å². The molecular weight excluding hydrogens is 200 g/mol. The molecule has 1 saturated heterocycles. The summed E-state index contributed by atoms with van der Waals surface area (Å²) < 4.78 is 0. The first kappa shape index (κ1) is 11.1. The Labute approximate surface area is 96.0 Å². The smallest absolute Gasteiger partial charge is 0.169 e. The summed E-state index contributed by atoms with van der Waals surface area (Å²) in [5.41, 5.74) is 8.27. The maximum Gasteiger partial charge on any atom is 0.169 e. The first-order chi connectivity index (χ1) is 7.68. The maximum absolute atomic E-state index is 12.2. The molecule has 1 aromatic rings. The van der Waals surface area contributed by atoms with Crippen LogP contribution in [-0.4, -0.2) is 18.9 Å². The first-order valence-electron chi connectivity index (χ1n) is 5.79. The van der Waals surface area contributed by atoms with E-state index in [1.165, 1.54) is 0 Å². The zero-order valence-corrected chi connectivity index (χ0v) is 9.62. The quantitative estimate of drug-likeness (QED) is 0.587. The molecule has 0 spiro atoms. The predicted molar refractivity (Wildman–Crippen MR) is 65.5 cm³/mol. The van der Waals surface area contributed by atoms with E-state index in [1.54, 1.807) is 0 Å². The van der Waals surface area contributed by atoms with Crippen molar-refractivity contribution in [3.05, 3.63) is 29.3 Å². The lowest BCUT2D eigenvalue weighted by Crippen LogP contribution is -2.34. The number of carbonyl (C=O) groups is 1. The zero-order chi connectivity index (χ0) is 11.5. The number of benzene rings is 1. The molecule has 3 heteroatoms. The van der Waals surface area contributed by atoms with Crippen molar-refractivity contribution in [2.75, 3.05) is 18.8 Å². The van der Waals surface area contributed by atoms with Gasteiger partial charge in [0.05, 0.1) is 0 Å². The maximum atomic E-state index is 12.2. The molecule has 0 amide bonds. The molecule has 1 aromatic carbocycles. The van der Waals surface area contributed by atoms with Crippen LogP contribution in [0.1, 0.15) is 28.8 Å². The van der Waals surface area contributed by atoms with E-state index in [2.05, 4.69) is 5.32 Å². The summed E-state index contributed by atoms with van der Waals surface area (Å²) in [7, 11) is 0. The van der Waals surface area contributed by atoms with Gasteiger partial charge in [0.1, 0.15) is 0 Å². The second-order valence-corrected chi connectivity index (χ2v) is 4.50. The van der Waals surface area contributed by atoms with Crippen molar-refractivity contribution in [3.8, 4) is 0 Å². The van der Waals surface area contributed by atoms with Crippen LogP contribution in [0, 0.1) is 12.8 Å². The Balaban J connectivity index is 2.19. The number of carbonyl (C=O) groups excluding carboxylic acids is 1. The van der Waals surface area contributed by atoms with Crippen LogP contribution in [-0.2, 0) is 0 Å². The number of nitrogens with two attached hydrogens (primary N) is 1. The molecule has 86 valence electrons. The van der Waals surface area contributed by atoms with Crippen molar-refractivity contribution in [3.63, 3.8) is 0 Å². The molecule has 1 heterocycles. The molecule has 2 rings (SSSR count). The lowest BCUT2D eigenvalue weighted by molar-refractivity contribution is 0.0900. The molecule has 1 atom stereocenters. The fourth-order valence-corrected chi connectivity index (χ4v) is 2.20. The Morgan fingerprint density at radius 1 is 1.50 bits per heavy atom. The van der Waals surface area contributed by atoms with Crippen LogP contribution in [0.4, 0.5) is 5.69 Å². The van der Waals surface area contributed by atoms with Gasteiger partial charge in [-0.2, -0.15) is 0 Å². The highest BCUT2D eigenvalue weighted by Gasteiger charge is 2.23. The summed E-state index contributed by atoms with van der Waals surface area (Å²) in [4.78, 5) is 12.2. The molecule has 1 unspecified atom stereocenters. The molecule has 3 nitrogen and oxygen atoms in total. The molecule has 0 bridgehead atoms. The van der Waals surface area contributed by atoms with Crippen LogP contribution < -0.4 is 11.1 Å². The normalized spacial score (nSPS) is 20.7. The number of aryl methyl sites for hydroxylation is 1. The molecular formula is C13H18N2O. The summed E-state index contributed by atoms with van der Waals surface area (Å²) in [6.45, 7) is 3.78. The number of hydrogen-bond acceptors (Lipinski definition) is 3. The molecule has 16 heavy (non-hydrogen) atoms. The van der Waals surface area contributed by atoms with E-state index < -0.39 is 0 Å². The zero-order valence-electron chi connectivity index (χ0n) is 9.62. The minimum absolute atomic E-state index is 0.0961. The van der Waals surface area contributed by atoms with Crippen molar-refractivity contribution in [2.24, 2.45) is 5.92 Å². The van der Waals surface area contributed by atoms with E-state index in [4.69, 9.17) is 5.73 Å². The van der Waals surface area contributed by atoms with E-state index in [1.807, 2.05) is 25.1 Å². The molecule has 1 fully saturated rings. The molecule has 0 radical (unpaired) electrons. The third-order valence-electron chi connectivity index (χ3n) is 3.14. The van der Waals surface area contributed by atoms with Crippen molar-refractivity contribution in [1.82, 2.24) is 5.32 Å². The largest absolute Gasteiger partial charge is 0.398 e. The van der Waals surface area contributed by atoms with Crippen LogP contribution in [0.2, 0.25) is 0 Å². The first-order valence-corrected chi connectivity index (χ1v) is 5.79. The molecule has 3 N–H and O–H groups in total. The number of ketones is 1. The van der Waals surface area contributed by atoms with Gasteiger partial charge in [0.15, 0.2) is 5.78 Å². The number of rotatable bonds is 2. The Bertz CT molecular complexity index is 395. The number of piperidine rings is 1. The van der Waals surface area contributed by atoms with Crippen molar-refractivity contribution in [2.45, 2.75) is 19.8 Å². The summed E-state index contributed by atoms with van der Waals surface area (Å²) in [6, 6.07) is 5.66. The summed E-state index contributed by atoms with van der Waals surface area (Å²) in [5, 5.41) is 3.25. The lowest BCUT2D eigenvalue weighted by atomic mass is 9.90. The fourth-order valence-electron chi connectivity index (χ4n) is 2.20. The minimum Gasteiger partial charge on any atom is -0.398 e. The summed E-state index contributed by atoms with van der Waals surface area (Å²) in [6.07, 6.45) is 2.04. The molecule has 1 aliphatic heterocycles. The van der Waals surface area contributed by atoms with E-state index >= 15 is 0 Å². The predicted octanol–water partition coefficient (Wildman–Crippen LogP) is 1.76. The average Bonchev–Trinajstić information content (AvgIpc) is 2.29. The van der Waals surface area contributed by atoms with E-state index in [0.29, 0.717) is 11.3 Å². The number of anilines is 1. The van der Waals surface area contributed by atoms with Gasteiger partial charge in [-0.05, 0) is 44.0 Å². The lowest BCUT2D eigenvalue weighted by Gasteiger charge is -2.22. The second-order valence-electron chi connectivity index (χ2n) is 4.50. The van der Waals surface area contributed by atoms with Gasteiger partial charge in [-0.25, -0.2) is 0 Å². The van der Waals surface area contributed by atoms with Crippen LogP contribution in [0.15, 0.2) is 18.2 Å². The fraction of sp³-hybridized carbons (Fsp3) is 0.462. The number of nitrogens with one attached hydrogen (secondary N) is 1. The molecule has 0 aliphatic carbocycles. The van der Waals surface area contributed by atoms with E-state index in [-0.39, 0.29) is 11.7 Å². The van der Waals surface area contributed by atoms with Crippen LogP contribution in [0.5, 0.6) is 0 Å². The number of hydrogen-bond donors (Lipinski definition) is 2. The highest BCUT2D eigenvalue weighted by Crippen LogP contribution is 2.21. The molecule has 0 saturated carbocycles. The standard InChI is InChI=1S/C13H18N2O/c1-9-4-5-11(12(14)7-9)13(16)10-3-2-6-15-8-10/h4-5,7,10,15H,2-3,6,8,14H2,1H3. The van der Waals surface area contributed by atoms with Crippen molar-refractivity contribution in [1.29, 1.82) is 0 Å². The van der Waals surface area contributed by atoms with Gasteiger partial charge in [-0.3, -0.25) is 4.79 Å². The third kappa shape index (κ3) is 2.25. The van der Waals surface area contributed by atoms with Gasteiger partial charge in [-0.1, -0.05) is 6.07 Å². The highest BCUT2D eigenvalue weighted by atomic mass is 16.1. The Hall–Kier alpha value is -1.35. The summed E-state index contributed by atoms with van der Waals surface area (Å²) in [5.74, 6) is 0.281. The van der Waals surface area contributed by atoms with Crippen LogP contribution in [0.25, 0.3) is 0 Å². The number of nitrogen functional groups attached to an aromatic ring is 1. The molecule has 0 aromatic heterocycles. The van der Waals surface area contributed by atoms with Gasteiger partial charge in [0.2, 0.25) is 0 Å². The minimum atomic E-state index is 0.0961.